The SMILES string of the molecule is COc1ccc2cc1OCC(=O)N[C@@H]1CN(C(=O)c3cn(-c4ccccc4)nn3)CC[C@H]1Oc1cc(F)cc(c1)CNC(=O)CC2. The van der Waals surface area contributed by atoms with Crippen molar-refractivity contribution < 1.29 is 33.0 Å². The molecule has 0 saturated carbocycles. The highest BCUT2D eigenvalue weighted by atomic mass is 19.1. The van der Waals surface area contributed by atoms with Crippen molar-refractivity contribution in [1.82, 2.24) is 30.5 Å². The molecular weight excluding hydrogens is 595 g/mol. The summed E-state index contributed by atoms with van der Waals surface area (Å²) in [5.41, 5.74) is 2.26. The van der Waals surface area contributed by atoms with Crippen LogP contribution >= 0.6 is 0 Å². The van der Waals surface area contributed by atoms with E-state index in [9.17, 15) is 18.8 Å². The maximum atomic E-state index is 14.6. The molecule has 0 spiro atoms. The molecule has 2 aliphatic heterocycles. The minimum Gasteiger partial charge on any atom is -0.493 e. The molecule has 6 rings (SSSR count). The zero-order valence-electron chi connectivity index (χ0n) is 25.1. The van der Waals surface area contributed by atoms with Crippen LogP contribution in [-0.4, -0.2) is 76.6 Å². The predicted molar refractivity (Wildman–Crippen MR) is 163 cm³/mol. The Morgan fingerprint density at radius 1 is 1.02 bits per heavy atom. The zero-order chi connectivity index (χ0) is 32.0. The summed E-state index contributed by atoms with van der Waals surface area (Å²) in [6, 6.07) is 18.2. The van der Waals surface area contributed by atoms with Crippen LogP contribution in [0.25, 0.3) is 5.69 Å². The topological polar surface area (TPSA) is 137 Å². The number of carbonyl (C=O) groups is 3. The number of carbonyl (C=O) groups excluding carboxylic acids is 3. The predicted octanol–water partition coefficient (Wildman–Crippen LogP) is 2.83. The fraction of sp³-hybridized carbons (Fsp3) is 0.303. The fourth-order valence-corrected chi connectivity index (χ4v) is 5.52. The van der Waals surface area contributed by atoms with Crippen molar-refractivity contribution in [2.24, 2.45) is 0 Å². The maximum Gasteiger partial charge on any atom is 0.276 e. The number of nitrogens with zero attached hydrogens (tertiary/aromatic N) is 4. The number of nitrogens with one attached hydrogen (secondary N) is 2. The number of para-hydroxylation sites is 1. The summed E-state index contributed by atoms with van der Waals surface area (Å²) in [6.07, 6.45) is 1.91. The van der Waals surface area contributed by atoms with Crippen LogP contribution in [0.2, 0.25) is 0 Å². The van der Waals surface area contributed by atoms with Gasteiger partial charge in [-0.3, -0.25) is 14.4 Å². The minimum atomic E-state index is -0.670. The van der Waals surface area contributed by atoms with E-state index in [1.165, 1.54) is 23.9 Å². The minimum absolute atomic E-state index is 0.102. The molecular formula is C33H33FN6O6. The Kier molecular flexibility index (Phi) is 9.08. The average Bonchev–Trinajstić information content (AvgIpc) is 3.56. The van der Waals surface area contributed by atoms with E-state index in [0.717, 1.165) is 11.3 Å². The van der Waals surface area contributed by atoms with E-state index in [-0.39, 0.29) is 49.4 Å². The highest BCUT2D eigenvalue weighted by molar-refractivity contribution is 5.92. The number of ether oxygens (including phenoxy) is 3. The van der Waals surface area contributed by atoms with Crippen molar-refractivity contribution in [1.29, 1.82) is 0 Å². The third kappa shape index (κ3) is 7.25. The van der Waals surface area contributed by atoms with Crippen LogP contribution < -0.4 is 24.8 Å². The molecule has 2 aliphatic rings. The van der Waals surface area contributed by atoms with E-state index in [4.69, 9.17) is 14.2 Å². The first-order valence-corrected chi connectivity index (χ1v) is 14.9. The number of aryl methyl sites for hydroxylation is 1. The number of hydrogen-bond donors (Lipinski definition) is 2. The lowest BCUT2D eigenvalue weighted by Gasteiger charge is -2.38. The first-order valence-electron chi connectivity index (χ1n) is 14.9. The van der Waals surface area contributed by atoms with Crippen molar-refractivity contribution >= 4 is 17.7 Å². The Bertz CT molecular complexity index is 1730. The maximum absolute atomic E-state index is 14.6. The molecule has 4 bridgehead atoms. The van der Waals surface area contributed by atoms with E-state index in [1.54, 1.807) is 29.3 Å². The lowest BCUT2D eigenvalue weighted by Crippen LogP contribution is -2.58. The van der Waals surface area contributed by atoms with Gasteiger partial charge in [0.05, 0.1) is 25.0 Å². The lowest BCUT2D eigenvalue weighted by atomic mass is 10.0. The molecule has 46 heavy (non-hydrogen) atoms. The first kappa shape index (κ1) is 30.6. The summed E-state index contributed by atoms with van der Waals surface area (Å²) in [6.45, 7) is 0.172. The second kappa shape index (κ2) is 13.7. The van der Waals surface area contributed by atoms with Crippen LogP contribution in [0, 0.1) is 5.82 Å². The lowest BCUT2D eigenvalue weighted by molar-refractivity contribution is -0.125. The molecule has 3 aromatic carbocycles. The zero-order valence-corrected chi connectivity index (χ0v) is 25.1. The van der Waals surface area contributed by atoms with Crippen LogP contribution in [0.15, 0.2) is 72.9 Å². The first-order chi connectivity index (χ1) is 22.3. The number of amides is 3. The number of fused-ring (bicyclic) bond motifs is 5. The number of likely N-dealkylation sites (tertiary alicyclic amines) is 1. The molecule has 12 nitrogen and oxygen atoms in total. The van der Waals surface area contributed by atoms with Crippen molar-refractivity contribution in [3.05, 3.63) is 95.6 Å². The number of benzene rings is 3. The molecule has 13 heteroatoms. The molecule has 0 aliphatic carbocycles. The van der Waals surface area contributed by atoms with E-state index >= 15 is 0 Å². The summed E-state index contributed by atoms with van der Waals surface area (Å²) in [5.74, 6) is -0.480. The smallest absolute Gasteiger partial charge is 0.276 e. The van der Waals surface area contributed by atoms with Crippen LogP contribution in [0.1, 0.15) is 34.5 Å². The molecule has 1 aromatic heterocycles. The molecule has 3 amide bonds. The van der Waals surface area contributed by atoms with E-state index in [1.807, 2.05) is 36.4 Å². The highest BCUT2D eigenvalue weighted by Crippen LogP contribution is 2.29. The molecule has 1 fully saturated rings. The number of rotatable bonds is 3. The number of aromatic nitrogens is 3. The summed E-state index contributed by atoms with van der Waals surface area (Å²) in [4.78, 5) is 40.9. The van der Waals surface area contributed by atoms with Crippen molar-refractivity contribution in [3.8, 4) is 22.9 Å². The van der Waals surface area contributed by atoms with Crippen LogP contribution in [0.5, 0.6) is 17.2 Å². The number of methoxy groups -OCH3 is 1. The van der Waals surface area contributed by atoms with Gasteiger partial charge >= 0.3 is 0 Å². The summed E-state index contributed by atoms with van der Waals surface area (Å²) in [5, 5.41) is 14.0. The van der Waals surface area contributed by atoms with Crippen molar-refractivity contribution in [3.63, 3.8) is 0 Å². The van der Waals surface area contributed by atoms with Gasteiger partial charge in [-0.1, -0.05) is 29.5 Å². The Balaban J connectivity index is 1.25. The van der Waals surface area contributed by atoms with Gasteiger partial charge in [0.25, 0.3) is 11.8 Å². The van der Waals surface area contributed by atoms with Gasteiger partial charge in [-0.05, 0) is 53.9 Å². The van der Waals surface area contributed by atoms with Crippen LogP contribution in [0.3, 0.4) is 0 Å². The van der Waals surface area contributed by atoms with Gasteiger partial charge in [-0.15, -0.1) is 5.10 Å². The van der Waals surface area contributed by atoms with E-state index < -0.39 is 23.9 Å². The number of hydrogen-bond acceptors (Lipinski definition) is 8. The monoisotopic (exact) mass is 628 g/mol. The molecule has 238 valence electrons. The molecule has 4 aromatic rings. The molecule has 0 radical (unpaired) electrons. The summed E-state index contributed by atoms with van der Waals surface area (Å²) < 4.78 is 33.6. The Morgan fingerprint density at radius 2 is 1.87 bits per heavy atom. The third-order valence-electron chi connectivity index (χ3n) is 7.85. The number of halogens is 1. The standard InChI is InChI=1S/C33H33FN6O6/c1-44-29-9-7-21-8-10-31(41)35-17-22-13-23(34)16-25(14-22)46-28-11-12-39(18-26(28)36-32(42)20-45-30(29)15-21)33(43)27-19-40(38-37-27)24-5-3-2-4-6-24/h2-7,9,13-16,19,26,28H,8,10-12,17-18,20H2,1H3,(H,35,41)(H,36,42)/t26-,28-/m1/s1. The second-order valence-electron chi connectivity index (χ2n) is 11.1. The van der Waals surface area contributed by atoms with E-state index in [2.05, 4.69) is 20.9 Å². The number of piperidine rings is 1. The second-order valence-corrected chi connectivity index (χ2v) is 11.1. The average molecular weight is 629 g/mol. The van der Waals surface area contributed by atoms with Crippen LogP contribution in [0.4, 0.5) is 4.39 Å². The van der Waals surface area contributed by atoms with Gasteiger partial charge in [0, 0.05) is 38.5 Å². The summed E-state index contributed by atoms with van der Waals surface area (Å²) >= 11 is 0. The highest BCUT2D eigenvalue weighted by Gasteiger charge is 2.35. The Morgan fingerprint density at radius 3 is 2.70 bits per heavy atom. The normalized spacial score (nSPS) is 18.9. The fourth-order valence-electron chi connectivity index (χ4n) is 5.52. The van der Waals surface area contributed by atoms with Gasteiger partial charge in [0.2, 0.25) is 5.91 Å². The Labute approximate surface area is 264 Å². The third-order valence-corrected chi connectivity index (χ3v) is 7.85. The summed E-state index contributed by atoms with van der Waals surface area (Å²) in [7, 11) is 1.50. The van der Waals surface area contributed by atoms with Gasteiger partial charge in [-0.25, -0.2) is 9.07 Å². The molecule has 2 N–H and O–H groups in total. The largest absolute Gasteiger partial charge is 0.493 e. The Hall–Kier alpha value is -5.46. The van der Waals surface area contributed by atoms with Gasteiger partial charge in [-0.2, -0.15) is 0 Å². The molecule has 1 saturated heterocycles. The molecule has 2 atom stereocenters. The van der Waals surface area contributed by atoms with Crippen molar-refractivity contribution in [2.45, 2.75) is 38.0 Å². The molecule has 3 heterocycles. The molecule has 0 unspecified atom stereocenters. The van der Waals surface area contributed by atoms with Gasteiger partial charge < -0.3 is 29.7 Å². The van der Waals surface area contributed by atoms with Crippen molar-refractivity contribution in [2.75, 3.05) is 26.8 Å². The quantitative estimate of drug-likeness (QED) is 0.354. The van der Waals surface area contributed by atoms with Gasteiger partial charge in [0.1, 0.15) is 17.7 Å². The van der Waals surface area contributed by atoms with Gasteiger partial charge in [0.15, 0.2) is 23.8 Å². The van der Waals surface area contributed by atoms with Crippen LogP contribution in [-0.2, 0) is 22.6 Å². The van der Waals surface area contributed by atoms with E-state index in [0.29, 0.717) is 36.4 Å².